The maximum atomic E-state index is 13.4. The van der Waals surface area contributed by atoms with Crippen LogP contribution in [-0.2, 0) is 0 Å². The van der Waals surface area contributed by atoms with E-state index in [0.717, 1.165) is 16.8 Å². The second-order valence-electron chi connectivity index (χ2n) is 8.65. The van der Waals surface area contributed by atoms with Gasteiger partial charge in [0, 0.05) is 35.0 Å². The number of pyridine rings is 1. The lowest BCUT2D eigenvalue weighted by atomic mass is 10.1. The Morgan fingerprint density at radius 2 is 1.47 bits per heavy atom. The maximum absolute atomic E-state index is 13.4. The van der Waals surface area contributed by atoms with E-state index >= 15 is 0 Å². The molecule has 3 aromatic carbocycles. The van der Waals surface area contributed by atoms with Gasteiger partial charge in [-0.25, -0.2) is 4.98 Å². The predicted molar refractivity (Wildman–Crippen MR) is 153 cm³/mol. The first kappa shape index (κ1) is 22.5. The highest BCUT2D eigenvalue weighted by Gasteiger charge is 2.42. The van der Waals surface area contributed by atoms with Crippen LogP contribution in [0.4, 0.5) is 0 Å². The Kier molecular flexibility index (Phi) is 5.80. The van der Waals surface area contributed by atoms with E-state index in [9.17, 15) is 4.79 Å². The van der Waals surface area contributed by atoms with E-state index in [1.54, 1.807) is 22.9 Å². The Morgan fingerprint density at radius 1 is 0.806 bits per heavy atom. The van der Waals surface area contributed by atoms with E-state index in [1.807, 2.05) is 23.6 Å². The zero-order valence-corrected chi connectivity index (χ0v) is 21.4. The average Bonchev–Trinajstić information content (AvgIpc) is 3.39. The number of aromatic nitrogens is 3. The summed E-state index contributed by atoms with van der Waals surface area (Å²) < 4.78 is 1.68. The summed E-state index contributed by atoms with van der Waals surface area (Å²) >= 11 is 1.47. The maximum Gasteiger partial charge on any atom is 0.259 e. The minimum Gasteiger partial charge on any atom is -0.269 e. The van der Waals surface area contributed by atoms with Crippen molar-refractivity contribution >= 4 is 39.5 Å². The van der Waals surface area contributed by atoms with E-state index in [2.05, 4.69) is 90.5 Å². The zero-order chi connectivity index (χ0) is 24.5. The third kappa shape index (κ3) is 3.78. The van der Waals surface area contributed by atoms with Crippen LogP contribution in [0.3, 0.4) is 0 Å². The number of rotatable bonds is 5. The summed E-state index contributed by atoms with van der Waals surface area (Å²) in [6, 6.07) is 35.2. The molecule has 0 aliphatic heterocycles. The molecule has 3 heterocycles. The molecule has 3 aromatic heterocycles. The molecule has 4 nitrogen and oxygen atoms in total. The molecule has 0 fully saturated rings. The lowest BCUT2D eigenvalue weighted by molar-refractivity contribution is 1.08. The van der Waals surface area contributed by atoms with Crippen molar-refractivity contribution in [2.24, 2.45) is 0 Å². The van der Waals surface area contributed by atoms with Crippen LogP contribution in [0.1, 0.15) is 0 Å². The molecule has 36 heavy (non-hydrogen) atoms. The van der Waals surface area contributed by atoms with E-state index in [-0.39, 0.29) is 5.56 Å². The van der Waals surface area contributed by atoms with Crippen LogP contribution in [0, 0.1) is 0 Å². The topological polar surface area (TPSA) is 47.3 Å². The van der Waals surface area contributed by atoms with Gasteiger partial charge in [-0.3, -0.25) is 14.2 Å². The van der Waals surface area contributed by atoms with Crippen molar-refractivity contribution in [1.82, 2.24) is 14.4 Å². The van der Waals surface area contributed by atoms with Crippen molar-refractivity contribution in [2.45, 2.75) is 0 Å². The third-order valence-corrected chi connectivity index (χ3v) is 11.4. The van der Waals surface area contributed by atoms with Gasteiger partial charge in [0.1, 0.15) is 23.2 Å². The summed E-state index contributed by atoms with van der Waals surface area (Å²) in [6.07, 6.45) is 3.50. The van der Waals surface area contributed by atoms with Crippen molar-refractivity contribution in [3.05, 3.63) is 131 Å². The van der Waals surface area contributed by atoms with Crippen molar-refractivity contribution in [3.8, 4) is 22.5 Å². The van der Waals surface area contributed by atoms with Crippen LogP contribution >= 0.6 is 18.6 Å². The molecule has 0 unspecified atom stereocenters. The highest BCUT2D eigenvalue weighted by molar-refractivity contribution is 7.95. The summed E-state index contributed by atoms with van der Waals surface area (Å²) in [5.41, 5.74) is 3.31. The monoisotopic (exact) mass is 504 g/mol. The van der Waals surface area contributed by atoms with Gasteiger partial charge >= 0.3 is 0 Å². The number of fused-ring (bicyclic) bond motifs is 1. The highest BCUT2D eigenvalue weighted by Crippen LogP contribution is 2.53. The van der Waals surface area contributed by atoms with Crippen LogP contribution in [-0.4, -0.2) is 21.0 Å². The van der Waals surface area contributed by atoms with Gasteiger partial charge < -0.3 is 0 Å². The first-order valence-corrected chi connectivity index (χ1v) is 14.8. The van der Waals surface area contributed by atoms with Crippen LogP contribution in [0.5, 0.6) is 0 Å². The minimum atomic E-state index is -2.00. The largest absolute Gasteiger partial charge is 0.269 e. The van der Waals surface area contributed by atoms with Gasteiger partial charge in [-0.05, 0) is 48.5 Å². The fourth-order valence-corrected chi connectivity index (χ4v) is 9.08. The molecule has 0 aliphatic rings. The van der Waals surface area contributed by atoms with E-state index in [0.29, 0.717) is 10.7 Å². The highest BCUT2D eigenvalue weighted by atomic mass is 32.1. The molecule has 6 heteroatoms. The van der Waals surface area contributed by atoms with Crippen molar-refractivity contribution in [2.75, 3.05) is 6.66 Å². The molecular formula is C30H23N3OPS+. The van der Waals surface area contributed by atoms with Gasteiger partial charge in [0.05, 0.1) is 18.1 Å². The fraction of sp³-hybridized carbons (Fsp3) is 0.0333. The average molecular weight is 505 g/mol. The summed E-state index contributed by atoms with van der Waals surface area (Å²) in [5, 5.41) is 5.76. The molecule has 0 saturated carbocycles. The lowest BCUT2D eigenvalue weighted by Crippen LogP contribution is -2.31. The standard InChI is InChI=1S/C30H23N3OPS/c1-35(23-12-4-2-5-13-23,24-14-6-3-7-15-24)28-17-9-8-16-25(28)26-19-29(34)33-27(21-36-30(33)32-26)22-11-10-18-31-20-22/h2-21H,1H3/q+1. The molecule has 0 saturated heterocycles. The number of hydrogen-bond acceptors (Lipinski definition) is 4. The first-order valence-electron chi connectivity index (χ1n) is 11.7. The van der Waals surface area contributed by atoms with Crippen LogP contribution < -0.4 is 21.5 Å². The minimum absolute atomic E-state index is 0.0932. The zero-order valence-electron chi connectivity index (χ0n) is 19.7. The first-order chi connectivity index (χ1) is 17.7. The summed E-state index contributed by atoms with van der Waals surface area (Å²) in [7, 11) is -2.00. The molecule has 0 radical (unpaired) electrons. The molecule has 174 valence electrons. The number of thiazole rings is 1. The van der Waals surface area contributed by atoms with Crippen LogP contribution in [0.15, 0.2) is 126 Å². The molecule has 0 amide bonds. The normalized spacial score (nSPS) is 11.6. The SMILES string of the molecule is C[P+](c1ccccc1)(c1ccccc1)c1ccccc1-c1cc(=O)n2c(-c3cccnc3)csc2n1. The Morgan fingerprint density at radius 3 is 2.14 bits per heavy atom. The number of nitrogens with zero attached hydrogens (tertiary/aromatic N) is 3. The summed E-state index contributed by atoms with van der Waals surface area (Å²) in [4.78, 5) is 23.3. The molecule has 6 aromatic rings. The Bertz CT molecular complexity index is 1670. The molecular weight excluding hydrogens is 481 g/mol. The fourth-order valence-electron chi connectivity index (χ4n) is 4.73. The van der Waals surface area contributed by atoms with E-state index in [1.165, 1.54) is 27.3 Å². The molecule has 0 spiro atoms. The van der Waals surface area contributed by atoms with Crippen LogP contribution in [0.2, 0.25) is 0 Å². The van der Waals surface area contributed by atoms with Gasteiger partial charge in [0.2, 0.25) is 0 Å². The quantitative estimate of drug-likeness (QED) is 0.295. The van der Waals surface area contributed by atoms with E-state index in [4.69, 9.17) is 4.98 Å². The van der Waals surface area contributed by atoms with Crippen LogP contribution in [0.25, 0.3) is 27.5 Å². The summed E-state index contributed by atoms with van der Waals surface area (Å²) in [5.74, 6) is 0. The van der Waals surface area contributed by atoms with Crippen molar-refractivity contribution < 1.29 is 0 Å². The lowest BCUT2D eigenvalue weighted by Gasteiger charge is -2.25. The number of hydrogen-bond donors (Lipinski definition) is 0. The Labute approximate surface area is 213 Å². The van der Waals surface area contributed by atoms with Gasteiger partial charge in [-0.2, -0.15) is 0 Å². The second-order valence-corrected chi connectivity index (χ2v) is 13.0. The van der Waals surface area contributed by atoms with Gasteiger partial charge in [-0.1, -0.05) is 48.5 Å². The van der Waals surface area contributed by atoms with Gasteiger partial charge in [-0.15, -0.1) is 11.3 Å². The molecule has 0 atom stereocenters. The molecule has 6 rings (SSSR count). The summed E-state index contributed by atoms with van der Waals surface area (Å²) in [6.45, 7) is 2.35. The number of benzene rings is 3. The Hall–Kier alpha value is -3.92. The second kappa shape index (κ2) is 9.27. The Balaban J connectivity index is 1.57. The molecule has 0 bridgehead atoms. The van der Waals surface area contributed by atoms with Gasteiger partial charge in [0.25, 0.3) is 5.56 Å². The van der Waals surface area contributed by atoms with E-state index < -0.39 is 7.26 Å². The molecule has 0 aliphatic carbocycles. The third-order valence-electron chi connectivity index (χ3n) is 6.57. The molecule has 0 N–H and O–H groups in total. The van der Waals surface area contributed by atoms with Crippen molar-refractivity contribution in [1.29, 1.82) is 0 Å². The van der Waals surface area contributed by atoms with Crippen molar-refractivity contribution in [3.63, 3.8) is 0 Å². The smallest absolute Gasteiger partial charge is 0.259 e. The predicted octanol–water partition coefficient (Wildman–Crippen LogP) is 5.41. The van der Waals surface area contributed by atoms with Gasteiger partial charge in [0.15, 0.2) is 4.96 Å².